The number of hydrogen-bond donors (Lipinski definition) is 0. The van der Waals surface area contributed by atoms with Crippen LogP contribution in [0.5, 0.6) is 0 Å². The van der Waals surface area contributed by atoms with E-state index < -0.39 is 0 Å². The number of imidazole rings is 1. The van der Waals surface area contributed by atoms with Gasteiger partial charge in [-0.15, -0.1) is 0 Å². The van der Waals surface area contributed by atoms with E-state index in [1.807, 2.05) is 23.0 Å². The average Bonchev–Trinajstić information content (AvgIpc) is 3.11. The summed E-state index contributed by atoms with van der Waals surface area (Å²) in [5, 5.41) is 0.775. The van der Waals surface area contributed by atoms with Gasteiger partial charge in [-0.3, -0.25) is 0 Å². The molecular formula is C19H23ClN6O. The van der Waals surface area contributed by atoms with Crippen LogP contribution >= 0.6 is 11.6 Å². The molecule has 0 unspecified atom stereocenters. The Kier molecular flexibility index (Phi) is 5.13. The second kappa shape index (κ2) is 7.70. The number of hydrogen-bond acceptors (Lipinski definition) is 6. The summed E-state index contributed by atoms with van der Waals surface area (Å²) in [5.41, 5.74) is 4.15. The molecule has 0 aliphatic carbocycles. The summed E-state index contributed by atoms with van der Waals surface area (Å²) in [7, 11) is 1.70. The first-order valence-corrected chi connectivity index (χ1v) is 9.46. The number of benzene rings is 1. The molecule has 0 atom stereocenters. The zero-order chi connectivity index (χ0) is 18.8. The van der Waals surface area contributed by atoms with Gasteiger partial charge in [-0.2, -0.15) is 0 Å². The van der Waals surface area contributed by atoms with E-state index in [1.165, 1.54) is 11.3 Å². The van der Waals surface area contributed by atoms with Gasteiger partial charge in [0, 0.05) is 50.5 Å². The maximum Gasteiger partial charge on any atom is 0.165 e. The van der Waals surface area contributed by atoms with Crippen molar-refractivity contribution >= 4 is 34.3 Å². The fraction of sp³-hybridized carbons (Fsp3) is 0.421. The van der Waals surface area contributed by atoms with Gasteiger partial charge in [0.15, 0.2) is 17.0 Å². The Morgan fingerprint density at radius 1 is 1.07 bits per heavy atom. The topological polar surface area (TPSA) is 59.3 Å². The lowest BCUT2D eigenvalue weighted by Gasteiger charge is -2.37. The highest BCUT2D eigenvalue weighted by Crippen LogP contribution is 2.27. The highest BCUT2D eigenvalue weighted by Gasteiger charge is 2.22. The Labute approximate surface area is 163 Å². The number of ether oxygens (including phenoxy) is 1. The molecule has 27 heavy (non-hydrogen) atoms. The molecule has 0 amide bonds. The van der Waals surface area contributed by atoms with Crippen molar-refractivity contribution in [1.82, 2.24) is 19.5 Å². The van der Waals surface area contributed by atoms with Crippen molar-refractivity contribution in [3.63, 3.8) is 0 Å². The summed E-state index contributed by atoms with van der Waals surface area (Å²) in [4.78, 5) is 18.2. The monoisotopic (exact) mass is 386 g/mol. The molecule has 0 spiro atoms. The highest BCUT2D eigenvalue weighted by atomic mass is 35.5. The van der Waals surface area contributed by atoms with Crippen LogP contribution in [0.2, 0.25) is 5.02 Å². The van der Waals surface area contributed by atoms with Gasteiger partial charge in [-0.1, -0.05) is 17.7 Å². The van der Waals surface area contributed by atoms with E-state index in [9.17, 15) is 0 Å². The van der Waals surface area contributed by atoms with Crippen molar-refractivity contribution in [2.24, 2.45) is 0 Å². The summed E-state index contributed by atoms with van der Waals surface area (Å²) in [6, 6.07) is 6.06. The van der Waals surface area contributed by atoms with Crippen LogP contribution < -0.4 is 9.80 Å². The second-order valence-electron chi connectivity index (χ2n) is 6.71. The average molecular weight is 387 g/mol. The lowest BCUT2D eigenvalue weighted by Crippen LogP contribution is -2.47. The highest BCUT2D eigenvalue weighted by molar-refractivity contribution is 6.30. The van der Waals surface area contributed by atoms with Crippen LogP contribution in [0.1, 0.15) is 5.56 Å². The maximum atomic E-state index is 6.19. The summed E-state index contributed by atoms with van der Waals surface area (Å²) in [6.45, 7) is 7.06. The van der Waals surface area contributed by atoms with Gasteiger partial charge in [-0.05, 0) is 24.6 Å². The zero-order valence-corrected chi connectivity index (χ0v) is 16.4. The lowest BCUT2D eigenvalue weighted by molar-refractivity contribution is 0.188. The molecule has 0 bridgehead atoms. The molecule has 1 aromatic carbocycles. The third kappa shape index (κ3) is 3.57. The van der Waals surface area contributed by atoms with Crippen LogP contribution in [0.3, 0.4) is 0 Å². The molecule has 2 aromatic heterocycles. The van der Waals surface area contributed by atoms with E-state index in [0.29, 0.717) is 6.61 Å². The number of aromatic nitrogens is 4. The third-order valence-electron chi connectivity index (χ3n) is 5.01. The predicted octanol–water partition coefficient (Wildman–Crippen LogP) is 2.76. The van der Waals surface area contributed by atoms with Gasteiger partial charge in [0.05, 0.1) is 12.9 Å². The third-order valence-corrected chi connectivity index (χ3v) is 5.24. The molecule has 1 aliphatic heterocycles. The molecule has 8 heteroatoms. The summed E-state index contributed by atoms with van der Waals surface area (Å²) in [5.74, 6) is 0.902. The van der Waals surface area contributed by atoms with Crippen LogP contribution in [-0.4, -0.2) is 59.4 Å². The minimum atomic E-state index is 0.627. The van der Waals surface area contributed by atoms with Crippen molar-refractivity contribution in [2.45, 2.75) is 13.5 Å². The first kappa shape index (κ1) is 18.0. The van der Waals surface area contributed by atoms with Crippen LogP contribution in [0.4, 0.5) is 11.5 Å². The molecule has 3 aromatic rings. The minimum Gasteiger partial charge on any atom is -0.383 e. The quantitative estimate of drug-likeness (QED) is 0.672. The molecule has 1 aliphatic rings. The van der Waals surface area contributed by atoms with Crippen molar-refractivity contribution < 1.29 is 4.74 Å². The molecule has 4 rings (SSSR count). The first-order chi connectivity index (χ1) is 13.2. The Balaban J connectivity index is 1.53. The van der Waals surface area contributed by atoms with Crippen molar-refractivity contribution in [2.75, 3.05) is 49.7 Å². The number of rotatable bonds is 5. The number of halogens is 1. The number of anilines is 2. The standard InChI is InChI=1S/C19H23ClN6O/c1-14-3-4-15(20)11-16(14)24-5-7-25(8-6-24)18-17-19(22-12-21-18)26(13-23-17)9-10-27-2/h3-4,11-13H,5-10H2,1-2H3. The fourth-order valence-electron chi connectivity index (χ4n) is 3.54. The van der Waals surface area contributed by atoms with Gasteiger partial charge < -0.3 is 19.1 Å². The van der Waals surface area contributed by atoms with Crippen molar-refractivity contribution in [3.8, 4) is 0 Å². The summed E-state index contributed by atoms with van der Waals surface area (Å²) >= 11 is 6.19. The van der Waals surface area contributed by atoms with Crippen LogP contribution in [0, 0.1) is 6.92 Å². The fourth-order valence-corrected chi connectivity index (χ4v) is 3.70. The first-order valence-electron chi connectivity index (χ1n) is 9.08. The summed E-state index contributed by atoms with van der Waals surface area (Å²) < 4.78 is 7.17. The van der Waals surface area contributed by atoms with Crippen LogP contribution in [-0.2, 0) is 11.3 Å². The molecule has 142 valence electrons. The molecule has 7 nitrogen and oxygen atoms in total. The van der Waals surface area contributed by atoms with Gasteiger partial charge in [0.2, 0.25) is 0 Å². The molecule has 1 fully saturated rings. The predicted molar refractivity (Wildman–Crippen MR) is 108 cm³/mol. The maximum absolute atomic E-state index is 6.19. The Hall–Kier alpha value is -2.38. The Morgan fingerprint density at radius 2 is 1.85 bits per heavy atom. The number of piperazine rings is 1. The van der Waals surface area contributed by atoms with E-state index >= 15 is 0 Å². The molecule has 0 radical (unpaired) electrons. The summed E-state index contributed by atoms with van der Waals surface area (Å²) in [6.07, 6.45) is 3.43. The molecule has 3 heterocycles. The van der Waals surface area contributed by atoms with E-state index in [-0.39, 0.29) is 0 Å². The number of nitrogens with zero attached hydrogens (tertiary/aromatic N) is 6. The van der Waals surface area contributed by atoms with E-state index in [4.69, 9.17) is 16.3 Å². The van der Waals surface area contributed by atoms with E-state index in [1.54, 1.807) is 13.4 Å². The molecule has 0 saturated carbocycles. The van der Waals surface area contributed by atoms with Crippen LogP contribution in [0.25, 0.3) is 11.2 Å². The van der Waals surface area contributed by atoms with Crippen molar-refractivity contribution in [3.05, 3.63) is 41.4 Å². The largest absolute Gasteiger partial charge is 0.383 e. The van der Waals surface area contributed by atoms with Gasteiger partial charge in [-0.25, -0.2) is 15.0 Å². The number of methoxy groups -OCH3 is 1. The number of fused-ring (bicyclic) bond motifs is 1. The SMILES string of the molecule is COCCn1cnc2c(N3CCN(c4cc(Cl)ccc4C)CC3)ncnc21. The normalized spacial score (nSPS) is 14.9. The van der Waals surface area contributed by atoms with E-state index in [2.05, 4.69) is 37.7 Å². The zero-order valence-electron chi connectivity index (χ0n) is 15.6. The lowest BCUT2D eigenvalue weighted by atomic mass is 10.1. The van der Waals surface area contributed by atoms with Gasteiger partial charge >= 0.3 is 0 Å². The molecule has 0 N–H and O–H groups in total. The smallest absolute Gasteiger partial charge is 0.165 e. The van der Waals surface area contributed by atoms with Gasteiger partial charge in [0.1, 0.15) is 6.33 Å². The molecule has 1 saturated heterocycles. The Bertz CT molecular complexity index is 935. The van der Waals surface area contributed by atoms with E-state index in [0.717, 1.165) is 54.7 Å². The molecular weight excluding hydrogens is 364 g/mol. The van der Waals surface area contributed by atoms with Crippen molar-refractivity contribution in [1.29, 1.82) is 0 Å². The Morgan fingerprint density at radius 3 is 2.63 bits per heavy atom. The second-order valence-corrected chi connectivity index (χ2v) is 7.14. The number of aryl methyl sites for hydroxylation is 1. The minimum absolute atomic E-state index is 0.627. The van der Waals surface area contributed by atoms with Gasteiger partial charge in [0.25, 0.3) is 0 Å². The van der Waals surface area contributed by atoms with Crippen LogP contribution in [0.15, 0.2) is 30.9 Å².